The van der Waals surface area contributed by atoms with Gasteiger partial charge in [-0.3, -0.25) is 4.79 Å². The van der Waals surface area contributed by atoms with Crippen LogP contribution in [0.25, 0.3) is 5.65 Å². The summed E-state index contributed by atoms with van der Waals surface area (Å²) in [5.74, 6) is 2.62. The highest BCUT2D eigenvalue weighted by Crippen LogP contribution is 2.48. The van der Waals surface area contributed by atoms with Crippen LogP contribution in [0.4, 0.5) is 11.6 Å². The molecule has 3 aliphatic rings. The lowest BCUT2D eigenvalue weighted by Crippen LogP contribution is -2.50. The third-order valence-corrected chi connectivity index (χ3v) is 7.68. The predicted molar refractivity (Wildman–Crippen MR) is 145 cm³/mol. The number of hydrogen-bond acceptors (Lipinski definition) is 7. The van der Waals surface area contributed by atoms with Crippen LogP contribution in [0.15, 0.2) is 55.1 Å². The van der Waals surface area contributed by atoms with Crippen LogP contribution in [-0.4, -0.2) is 44.5 Å². The van der Waals surface area contributed by atoms with Gasteiger partial charge in [0, 0.05) is 42.5 Å². The fraction of sp³-hybridized carbons (Fsp3) is 0.357. The maximum Gasteiger partial charge on any atom is 0.229 e. The van der Waals surface area contributed by atoms with E-state index >= 15 is 0 Å². The van der Waals surface area contributed by atoms with Gasteiger partial charge in [-0.1, -0.05) is 23.7 Å². The number of rotatable bonds is 9. The summed E-state index contributed by atoms with van der Waals surface area (Å²) < 4.78 is 8.32. The molecule has 9 nitrogen and oxygen atoms in total. The Hall–Kier alpha value is -3.69. The van der Waals surface area contributed by atoms with E-state index in [1.165, 1.54) is 24.7 Å². The van der Waals surface area contributed by atoms with E-state index < -0.39 is 0 Å². The third-order valence-electron chi connectivity index (χ3n) is 7.45. The zero-order chi connectivity index (χ0) is 25.6. The van der Waals surface area contributed by atoms with Gasteiger partial charge in [-0.05, 0) is 60.4 Å². The van der Waals surface area contributed by atoms with Gasteiger partial charge in [0.2, 0.25) is 5.91 Å². The van der Waals surface area contributed by atoms with E-state index in [9.17, 15) is 4.79 Å². The Morgan fingerprint density at radius 3 is 2.76 bits per heavy atom. The molecule has 0 bridgehead atoms. The number of nitrogens with one attached hydrogen (secondary N) is 3. The fourth-order valence-corrected chi connectivity index (χ4v) is 5.19. The number of benzene rings is 1. The standard InChI is InChI=1S/C28H28ClN7O2/c29-19-3-1-2-17(6-19)22-8-23(22)28(37)35-26-9-25(32-15-33-26)31-10-20-14-36-13-18(16-4-5-16)7-24(27(36)34-20)38-21-11-30-12-21/h1-3,6-7,9,13-16,21-23,30H,4-5,8,10-12H2,(H2,31,32,33,35,37)/t22-,23+/m1/s1. The number of aromatic nitrogens is 4. The fourth-order valence-electron chi connectivity index (χ4n) is 4.99. The van der Waals surface area contributed by atoms with Gasteiger partial charge in [-0.2, -0.15) is 0 Å². The van der Waals surface area contributed by atoms with Crippen molar-refractivity contribution < 1.29 is 9.53 Å². The van der Waals surface area contributed by atoms with Crippen molar-refractivity contribution in [3.63, 3.8) is 0 Å². The Kier molecular flexibility index (Phi) is 5.89. The molecule has 0 radical (unpaired) electrons. The van der Waals surface area contributed by atoms with Crippen LogP contribution in [-0.2, 0) is 11.3 Å². The minimum Gasteiger partial charge on any atom is -0.484 e. The molecule has 1 amide bonds. The average Bonchev–Trinajstić information content (AvgIpc) is 3.81. The summed E-state index contributed by atoms with van der Waals surface area (Å²) in [6.07, 6.45) is 9.11. The lowest BCUT2D eigenvalue weighted by Gasteiger charge is -2.28. The summed E-state index contributed by atoms with van der Waals surface area (Å²) in [6, 6.07) is 11.6. The van der Waals surface area contributed by atoms with Crippen molar-refractivity contribution >= 4 is 34.8 Å². The molecule has 4 heterocycles. The van der Waals surface area contributed by atoms with E-state index in [4.69, 9.17) is 21.3 Å². The number of fused-ring (bicyclic) bond motifs is 1. The van der Waals surface area contributed by atoms with Crippen LogP contribution in [0.1, 0.15) is 47.9 Å². The normalized spacial score (nSPS) is 20.7. The highest BCUT2D eigenvalue weighted by atomic mass is 35.5. The van der Waals surface area contributed by atoms with Crippen molar-refractivity contribution in [1.82, 2.24) is 24.7 Å². The number of ether oxygens (including phenoxy) is 1. The number of carbonyl (C=O) groups is 1. The van der Waals surface area contributed by atoms with Crippen molar-refractivity contribution in [2.75, 3.05) is 23.7 Å². The highest BCUT2D eigenvalue weighted by molar-refractivity contribution is 6.30. The third kappa shape index (κ3) is 4.91. The molecule has 3 N–H and O–H groups in total. The second kappa shape index (κ2) is 9.56. The second-order valence-electron chi connectivity index (χ2n) is 10.4. The molecule has 2 saturated carbocycles. The maximum absolute atomic E-state index is 12.8. The molecule has 10 heteroatoms. The monoisotopic (exact) mass is 529 g/mol. The number of halogens is 1. The summed E-state index contributed by atoms with van der Waals surface area (Å²) in [5, 5.41) is 10.2. The first-order chi connectivity index (χ1) is 18.6. The van der Waals surface area contributed by atoms with E-state index in [1.54, 1.807) is 6.07 Å². The molecule has 4 aromatic rings. The van der Waals surface area contributed by atoms with Crippen LogP contribution in [0.3, 0.4) is 0 Å². The molecular weight excluding hydrogens is 502 g/mol. The van der Waals surface area contributed by atoms with E-state index in [0.29, 0.717) is 29.1 Å². The molecule has 1 aromatic carbocycles. The number of nitrogens with zero attached hydrogens (tertiary/aromatic N) is 4. The van der Waals surface area contributed by atoms with Gasteiger partial charge in [0.05, 0.1) is 12.2 Å². The number of amides is 1. The van der Waals surface area contributed by atoms with Crippen LogP contribution in [0.5, 0.6) is 5.75 Å². The maximum atomic E-state index is 12.8. The van der Waals surface area contributed by atoms with Gasteiger partial charge in [0.1, 0.15) is 24.1 Å². The Labute approximate surface area is 225 Å². The van der Waals surface area contributed by atoms with Crippen molar-refractivity contribution in [1.29, 1.82) is 0 Å². The first kappa shape index (κ1) is 23.4. The first-order valence-corrected chi connectivity index (χ1v) is 13.5. The summed E-state index contributed by atoms with van der Waals surface area (Å²) in [7, 11) is 0. The van der Waals surface area contributed by atoms with E-state index in [-0.39, 0.29) is 23.8 Å². The highest BCUT2D eigenvalue weighted by Gasteiger charge is 2.44. The predicted octanol–water partition coefficient (Wildman–Crippen LogP) is 4.36. The Balaban J connectivity index is 1.01. The summed E-state index contributed by atoms with van der Waals surface area (Å²) in [5.41, 5.74) is 4.10. The van der Waals surface area contributed by atoms with E-state index in [1.807, 2.05) is 30.5 Å². The van der Waals surface area contributed by atoms with E-state index in [0.717, 1.165) is 42.2 Å². The topological polar surface area (TPSA) is 105 Å². The molecule has 194 valence electrons. The van der Waals surface area contributed by atoms with Crippen molar-refractivity contribution in [3.05, 3.63) is 77.0 Å². The molecule has 2 atom stereocenters. The Morgan fingerprint density at radius 2 is 1.97 bits per heavy atom. The lowest BCUT2D eigenvalue weighted by molar-refractivity contribution is -0.117. The molecule has 0 unspecified atom stereocenters. The molecule has 1 aliphatic heterocycles. The number of imidazole rings is 1. The molecule has 3 fully saturated rings. The van der Waals surface area contributed by atoms with Gasteiger partial charge >= 0.3 is 0 Å². The summed E-state index contributed by atoms with van der Waals surface area (Å²) >= 11 is 6.11. The minimum absolute atomic E-state index is 0.0411. The van der Waals surface area contributed by atoms with Crippen LogP contribution in [0.2, 0.25) is 5.02 Å². The smallest absolute Gasteiger partial charge is 0.229 e. The molecule has 0 spiro atoms. The Morgan fingerprint density at radius 1 is 1.11 bits per heavy atom. The number of pyridine rings is 1. The van der Waals surface area contributed by atoms with Crippen LogP contribution in [0, 0.1) is 5.92 Å². The molecule has 7 rings (SSSR count). The lowest BCUT2D eigenvalue weighted by atomic mass is 10.1. The average molecular weight is 530 g/mol. The number of hydrogen-bond donors (Lipinski definition) is 3. The first-order valence-electron chi connectivity index (χ1n) is 13.1. The van der Waals surface area contributed by atoms with Crippen molar-refractivity contribution in [2.24, 2.45) is 5.92 Å². The summed E-state index contributed by atoms with van der Waals surface area (Å²) in [4.78, 5) is 26.2. The van der Waals surface area contributed by atoms with Crippen molar-refractivity contribution in [2.45, 2.75) is 43.7 Å². The number of carbonyl (C=O) groups excluding carboxylic acids is 1. The SMILES string of the molecule is O=C(Nc1cc(NCc2cn3cc(C4CC4)cc(OC4CNC4)c3n2)ncn1)[C@H]1C[C@@H]1c1cccc(Cl)c1. The quantitative estimate of drug-likeness (QED) is 0.296. The molecule has 38 heavy (non-hydrogen) atoms. The van der Waals surface area contributed by atoms with Crippen LogP contribution < -0.4 is 20.7 Å². The zero-order valence-electron chi connectivity index (χ0n) is 20.7. The van der Waals surface area contributed by atoms with E-state index in [2.05, 4.69) is 42.6 Å². The van der Waals surface area contributed by atoms with Gasteiger partial charge < -0.3 is 25.1 Å². The summed E-state index contributed by atoms with van der Waals surface area (Å²) in [6.45, 7) is 2.21. The Bertz CT molecular complexity index is 1510. The van der Waals surface area contributed by atoms with Gasteiger partial charge in [0.15, 0.2) is 11.4 Å². The minimum atomic E-state index is -0.0783. The zero-order valence-corrected chi connectivity index (χ0v) is 21.5. The van der Waals surface area contributed by atoms with Crippen LogP contribution >= 0.6 is 11.6 Å². The largest absolute Gasteiger partial charge is 0.484 e. The van der Waals surface area contributed by atoms with Gasteiger partial charge in [-0.15, -0.1) is 0 Å². The molecule has 2 aliphatic carbocycles. The molecule has 3 aromatic heterocycles. The van der Waals surface area contributed by atoms with Gasteiger partial charge in [-0.25, -0.2) is 15.0 Å². The second-order valence-corrected chi connectivity index (χ2v) is 10.8. The molecular formula is C28H28ClN7O2. The molecule has 1 saturated heterocycles. The van der Waals surface area contributed by atoms with Crippen molar-refractivity contribution in [3.8, 4) is 5.75 Å². The number of anilines is 2. The van der Waals surface area contributed by atoms with Gasteiger partial charge in [0.25, 0.3) is 0 Å².